The molecule has 0 spiro atoms. The maximum atomic E-state index is 10.7. The predicted molar refractivity (Wildman–Crippen MR) is 94.8 cm³/mol. The Kier molecular flexibility index (Phi) is 4.90. The molecule has 2 aromatic heterocycles. The molecule has 3 aromatic rings. The zero-order valence-electron chi connectivity index (χ0n) is 13.2. The van der Waals surface area contributed by atoms with Gasteiger partial charge in [-0.1, -0.05) is 12.1 Å². The van der Waals surface area contributed by atoms with Crippen LogP contribution in [0.2, 0.25) is 0 Å². The molecule has 24 heavy (non-hydrogen) atoms. The molecule has 6 nitrogen and oxygen atoms in total. The fourth-order valence-electron chi connectivity index (χ4n) is 2.41. The second kappa shape index (κ2) is 7.27. The van der Waals surface area contributed by atoms with Crippen LogP contribution < -0.4 is 10.1 Å². The quantitative estimate of drug-likeness (QED) is 0.681. The number of aromatic nitrogens is 2. The van der Waals surface area contributed by atoms with Crippen LogP contribution in [0.3, 0.4) is 0 Å². The molecular formula is C17H17N3O3S. The van der Waals surface area contributed by atoms with E-state index < -0.39 is 5.97 Å². The number of aliphatic carboxylic acids is 1. The number of nitrogens with zero attached hydrogens (tertiary/aromatic N) is 2. The molecule has 1 aromatic carbocycles. The number of hydrogen-bond acceptors (Lipinski definition) is 6. The molecule has 3 rings (SSSR count). The SMILES string of the molecule is CCOc1ccc(-c2csc3ncnc(NCCC(=O)O)c23)cc1. The van der Waals surface area contributed by atoms with Crippen LogP contribution in [-0.4, -0.2) is 34.2 Å². The maximum absolute atomic E-state index is 10.7. The Morgan fingerprint density at radius 1 is 1.29 bits per heavy atom. The van der Waals surface area contributed by atoms with Crippen molar-refractivity contribution in [1.82, 2.24) is 9.97 Å². The zero-order chi connectivity index (χ0) is 16.9. The van der Waals surface area contributed by atoms with Gasteiger partial charge in [0.25, 0.3) is 0 Å². The Labute approximate surface area is 143 Å². The molecule has 0 bridgehead atoms. The van der Waals surface area contributed by atoms with Crippen LogP contribution in [0, 0.1) is 0 Å². The minimum atomic E-state index is -0.843. The van der Waals surface area contributed by atoms with Crippen LogP contribution in [0.5, 0.6) is 5.75 Å². The number of carboxylic acid groups (broad SMARTS) is 1. The summed E-state index contributed by atoms with van der Waals surface area (Å²) >= 11 is 1.54. The van der Waals surface area contributed by atoms with E-state index in [9.17, 15) is 4.79 Å². The van der Waals surface area contributed by atoms with E-state index in [1.165, 1.54) is 17.7 Å². The summed E-state index contributed by atoms with van der Waals surface area (Å²) in [6.07, 6.45) is 1.53. The summed E-state index contributed by atoms with van der Waals surface area (Å²) in [5.74, 6) is 0.646. The van der Waals surface area contributed by atoms with Gasteiger partial charge in [0.15, 0.2) is 0 Å². The Hall–Kier alpha value is -2.67. The van der Waals surface area contributed by atoms with E-state index >= 15 is 0 Å². The first-order valence-corrected chi connectivity index (χ1v) is 8.48. The third kappa shape index (κ3) is 3.46. The molecule has 0 radical (unpaired) electrons. The van der Waals surface area contributed by atoms with Crippen molar-refractivity contribution in [2.24, 2.45) is 0 Å². The topological polar surface area (TPSA) is 84.3 Å². The third-order valence-corrected chi connectivity index (χ3v) is 4.36. The lowest BCUT2D eigenvalue weighted by atomic mass is 10.1. The Morgan fingerprint density at radius 2 is 2.08 bits per heavy atom. The fourth-order valence-corrected chi connectivity index (χ4v) is 3.32. The minimum Gasteiger partial charge on any atom is -0.494 e. The molecule has 0 amide bonds. The Bertz CT molecular complexity index is 846. The van der Waals surface area contributed by atoms with Crippen LogP contribution in [0.1, 0.15) is 13.3 Å². The number of carbonyl (C=O) groups is 1. The molecule has 0 aliphatic carbocycles. The van der Waals surface area contributed by atoms with Gasteiger partial charge in [0.1, 0.15) is 22.7 Å². The normalized spacial score (nSPS) is 10.7. The number of anilines is 1. The molecule has 0 saturated heterocycles. The lowest BCUT2D eigenvalue weighted by Crippen LogP contribution is -2.09. The number of fused-ring (bicyclic) bond motifs is 1. The van der Waals surface area contributed by atoms with Crippen molar-refractivity contribution in [3.05, 3.63) is 36.0 Å². The molecule has 0 aliphatic rings. The highest BCUT2D eigenvalue weighted by molar-refractivity contribution is 7.17. The fraction of sp³-hybridized carbons (Fsp3) is 0.235. The lowest BCUT2D eigenvalue weighted by molar-refractivity contribution is -0.136. The van der Waals surface area contributed by atoms with Gasteiger partial charge in [-0.3, -0.25) is 4.79 Å². The molecule has 7 heteroatoms. The van der Waals surface area contributed by atoms with Gasteiger partial charge in [-0.15, -0.1) is 11.3 Å². The summed E-state index contributed by atoms with van der Waals surface area (Å²) in [6, 6.07) is 7.87. The van der Waals surface area contributed by atoms with Crippen molar-refractivity contribution in [3.8, 4) is 16.9 Å². The van der Waals surface area contributed by atoms with E-state index in [2.05, 4.69) is 15.3 Å². The van der Waals surface area contributed by atoms with E-state index in [1.807, 2.05) is 36.6 Å². The van der Waals surface area contributed by atoms with Crippen LogP contribution in [0.15, 0.2) is 36.0 Å². The number of benzene rings is 1. The van der Waals surface area contributed by atoms with Gasteiger partial charge >= 0.3 is 5.97 Å². The molecule has 0 saturated carbocycles. The van der Waals surface area contributed by atoms with Gasteiger partial charge in [0, 0.05) is 17.5 Å². The van der Waals surface area contributed by atoms with Gasteiger partial charge in [0.05, 0.1) is 18.4 Å². The average molecular weight is 343 g/mol. The van der Waals surface area contributed by atoms with Gasteiger partial charge in [-0.25, -0.2) is 9.97 Å². The molecule has 2 N–H and O–H groups in total. The average Bonchev–Trinajstić information content (AvgIpc) is 3.00. The number of ether oxygens (including phenoxy) is 1. The van der Waals surface area contributed by atoms with Crippen LogP contribution in [0.4, 0.5) is 5.82 Å². The highest BCUT2D eigenvalue weighted by atomic mass is 32.1. The highest BCUT2D eigenvalue weighted by Crippen LogP contribution is 2.36. The van der Waals surface area contributed by atoms with Crippen molar-refractivity contribution >= 4 is 33.3 Å². The second-order valence-corrected chi connectivity index (χ2v) is 5.94. The minimum absolute atomic E-state index is 0.0357. The van der Waals surface area contributed by atoms with Crippen molar-refractivity contribution in [1.29, 1.82) is 0 Å². The summed E-state index contributed by atoms with van der Waals surface area (Å²) in [6.45, 7) is 2.90. The number of hydrogen-bond donors (Lipinski definition) is 2. The number of rotatable bonds is 7. The smallest absolute Gasteiger partial charge is 0.305 e. The van der Waals surface area contributed by atoms with Crippen molar-refractivity contribution < 1.29 is 14.6 Å². The van der Waals surface area contributed by atoms with Crippen molar-refractivity contribution in [3.63, 3.8) is 0 Å². The summed E-state index contributed by atoms with van der Waals surface area (Å²) < 4.78 is 5.47. The number of thiophene rings is 1. The molecular weight excluding hydrogens is 326 g/mol. The number of nitrogens with one attached hydrogen (secondary N) is 1. The molecule has 0 unspecified atom stereocenters. The monoisotopic (exact) mass is 343 g/mol. The maximum Gasteiger partial charge on any atom is 0.305 e. The summed E-state index contributed by atoms with van der Waals surface area (Å²) in [5, 5.41) is 14.8. The van der Waals surface area contributed by atoms with E-state index in [1.54, 1.807) is 0 Å². The lowest BCUT2D eigenvalue weighted by Gasteiger charge is -2.08. The first-order valence-electron chi connectivity index (χ1n) is 7.60. The summed E-state index contributed by atoms with van der Waals surface area (Å²) in [7, 11) is 0. The van der Waals surface area contributed by atoms with Gasteiger partial charge in [-0.05, 0) is 24.6 Å². The standard InChI is InChI=1S/C17H17N3O3S/c1-2-23-12-5-3-11(4-6-12)13-9-24-17-15(13)16(19-10-20-17)18-8-7-14(21)22/h3-6,9-10H,2,7-8H2,1H3,(H,21,22)(H,18,19,20). The van der Waals surface area contributed by atoms with E-state index in [0.29, 0.717) is 19.0 Å². The van der Waals surface area contributed by atoms with Crippen LogP contribution >= 0.6 is 11.3 Å². The van der Waals surface area contributed by atoms with Crippen LogP contribution in [-0.2, 0) is 4.79 Å². The van der Waals surface area contributed by atoms with E-state index in [0.717, 1.165) is 27.1 Å². The molecule has 0 fully saturated rings. The van der Waals surface area contributed by atoms with E-state index in [4.69, 9.17) is 9.84 Å². The van der Waals surface area contributed by atoms with Gasteiger partial charge in [-0.2, -0.15) is 0 Å². The van der Waals surface area contributed by atoms with Gasteiger partial charge < -0.3 is 15.2 Å². The van der Waals surface area contributed by atoms with E-state index in [-0.39, 0.29) is 6.42 Å². The first-order chi connectivity index (χ1) is 11.7. The summed E-state index contributed by atoms with van der Waals surface area (Å²) in [4.78, 5) is 20.1. The van der Waals surface area contributed by atoms with Crippen molar-refractivity contribution in [2.75, 3.05) is 18.5 Å². The zero-order valence-corrected chi connectivity index (χ0v) is 14.0. The molecule has 0 atom stereocenters. The highest BCUT2D eigenvalue weighted by Gasteiger charge is 2.13. The third-order valence-electron chi connectivity index (χ3n) is 3.48. The first kappa shape index (κ1) is 16.2. The van der Waals surface area contributed by atoms with Crippen molar-refractivity contribution in [2.45, 2.75) is 13.3 Å². The second-order valence-electron chi connectivity index (χ2n) is 5.08. The Morgan fingerprint density at radius 3 is 2.79 bits per heavy atom. The van der Waals surface area contributed by atoms with Crippen LogP contribution in [0.25, 0.3) is 21.3 Å². The Balaban J connectivity index is 1.94. The largest absolute Gasteiger partial charge is 0.494 e. The van der Waals surface area contributed by atoms with Gasteiger partial charge in [0.2, 0.25) is 0 Å². The molecule has 124 valence electrons. The molecule has 0 aliphatic heterocycles. The molecule has 2 heterocycles. The summed E-state index contributed by atoms with van der Waals surface area (Å²) in [5.41, 5.74) is 2.07. The predicted octanol–water partition coefficient (Wildman–Crippen LogP) is 3.64. The number of carboxylic acids is 1.